The second kappa shape index (κ2) is 8.61. The lowest BCUT2D eigenvalue weighted by Crippen LogP contribution is -1.93. The van der Waals surface area contributed by atoms with Gasteiger partial charge < -0.3 is 10.4 Å². The molecule has 0 fully saturated rings. The predicted octanol–water partition coefficient (Wildman–Crippen LogP) is 2.31. The number of hydrogen-bond donors (Lipinski definition) is 2. The predicted molar refractivity (Wildman–Crippen MR) is 68.6 cm³/mol. The van der Waals surface area contributed by atoms with E-state index in [0.29, 0.717) is 0 Å². The van der Waals surface area contributed by atoms with Crippen LogP contribution < -0.4 is 5.32 Å². The lowest BCUT2D eigenvalue weighted by atomic mass is 10.2. The molecule has 2 rings (SSSR count). The molecule has 2 N–H and O–H groups in total. The first-order valence-corrected chi connectivity index (χ1v) is 5.24. The van der Waals surface area contributed by atoms with Gasteiger partial charge in [-0.1, -0.05) is 26.0 Å². The van der Waals surface area contributed by atoms with Crippen molar-refractivity contribution in [2.24, 2.45) is 0 Å². The van der Waals surface area contributed by atoms with Gasteiger partial charge in [0.2, 0.25) is 0 Å². The van der Waals surface area contributed by atoms with Gasteiger partial charge in [-0.25, -0.2) is 9.97 Å². The van der Waals surface area contributed by atoms with E-state index in [1.807, 2.05) is 45.2 Å². The molecule has 2 aromatic rings. The normalized spacial score (nSPS) is 8.31. The monoisotopic (exact) mass is 221 g/mol. The number of hydrogen-bond acceptors (Lipinski definition) is 4. The second-order valence-electron chi connectivity index (χ2n) is 2.49. The number of nitrogens with one attached hydrogen (secondary N) is 1. The Morgan fingerprint density at radius 3 is 2.31 bits per heavy atom. The molecule has 1 aromatic heterocycles. The summed E-state index contributed by atoms with van der Waals surface area (Å²) in [6.45, 7) is 4.00. The molecule has 4 nitrogen and oxygen atoms in total. The zero-order valence-corrected chi connectivity index (χ0v) is 10.2. The highest BCUT2D eigenvalue weighted by atomic mass is 16.2. The van der Waals surface area contributed by atoms with E-state index in [-0.39, 0.29) is 0 Å². The fourth-order valence-electron chi connectivity index (χ4n) is 1.20. The van der Waals surface area contributed by atoms with E-state index in [1.54, 1.807) is 6.33 Å². The number of para-hydroxylation sites is 1. The fraction of sp³-hybridized carbons (Fsp3) is 0.333. The SMILES string of the molecule is CC.CNc1ncnc2ccccc12.CO. The number of nitrogens with zero attached hydrogens (tertiary/aromatic N) is 2. The quantitative estimate of drug-likeness (QED) is 0.775. The van der Waals surface area contributed by atoms with Crippen molar-refractivity contribution in [1.82, 2.24) is 9.97 Å². The van der Waals surface area contributed by atoms with Crippen LogP contribution in [-0.2, 0) is 0 Å². The van der Waals surface area contributed by atoms with Gasteiger partial charge in [0, 0.05) is 19.5 Å². The van der Waals surface area contributed by atoms with E-state index >= 15 is 0 Å². The van der Waals surface area contributed by atoms with Gasteiger partial charge in [-0.3, -0.25) is 0 Å². The van der Waals surface area contributed by atoms with Gasteiger partial charge in [0.15, 0.2) is 0 Å². The van der Waals surface area contributed by atoms with Crippen molar-refractivity contribution in [3.8, 4) is 0 Å². The van der Waals surface area contributed by atoms with Crippen LogP contribution in [0.15, 0.2) is 30.6 Å². The summed E-state index contributed by atoms with van der Waals surface area (Å²) in [6, 6.07) is 7.92. The first-order chi connectivity index (χ1) is 7.92. The Balaban J connectivity index is 0.000000509. The second-order valence-corrected chi connectivity index (χ2v) is 2.49. The maximum atomic E-state index is 7.00. The van der Waals surface area contributed by atoms with Crippen molar-refractivity contribution >= 4 is 16.7 Å². The van der Waals surface area contributed by atoms with Crippen molar-refractivity contribution in [2.45, 2.75) is 13.8 Å². The van der Waals surface area contributed by atoms with Crippen LogP contribution in [0.4, 0.5) is 5.82 Å². The Morgan fingerprint density at radius 1 is 1.06 bits per heavy atom. The average Bonchev–Trinajstić information content (AvgIpc) is 2.42. The molecular formula is C12H19N3O. The van der Waals surface area contributed by atoms with Crippen LogP contribution in [0.5, 0.6) is 0 Å². The summed E-state index contributed by atoms with van der Waals surface area (Å²) < 4.78 is 0. The molecule has 16 heavy (non-hydrogen) atoms. The van der Waals surface area contributed by atoms with Gasteiger partial charge in [-0.05, 0) is 12.1 Å². The smallest absolute Gasteiger partial charge is 0.137 e. The van der Waals surface area contributed by atoms with Crippen LogP contribution in [0.1, 0.15) is 13.8 Å². The van der Waals surface area contributed by atoms with E-state index < -0.39 is 0 Å². The van der Waals surface area contributed by atoms with Crippen LogP contribution in [0.2, 0.25) is 0 Å². The minimum absolute atomic E-state index is 0.876. The minimum atomic E-state index is 0.876. The molecule has 0 saturated heterocycles. The summed E-state index contributed by atoms with van der Waals surface area (Å²) in [7, 11) is 2.86. The van der Waals surface area contributed by atoms with Crippen LogP contribution in [0.25, 0.3) is 10.9 Å². The Morgan fingerprint density at radius 2 is 1.69 bits per heavy atom. The summed E-state index contributed by atoms with van der Waals surface area (Å²) >= 11 is 0. The number of rotatable bonds is 1. The summed E-state index contributed by atoms with van der Waals surface area (Å²) in [6.07, 6.45) is 1.56. The molecule has 0 bridgehead atoms. The molecule has 0 aliphatic carbocycles. The van der Waals surface area contributed by atoms with Crippen LogP contribution in [0.3, 0.4) is 0 Å². The summed E-state index contributed by atoms with van der Waals surface area (Å²) in [5.41, 5.74) is 0.969. The standard InChI is InChI=1S/C9H9N3.C2H6.CH4O/c1-10-9-7-4-2-3-5-8(7)11-6-12-9;2*1-2/h2-6H,1H3,(H,10,11,12);1-2H3;2H,1H3. The molecule has 0 atom stereocenters. The minimum Gasteiger partial charge on any atom is -0.400 e. The summed E-state index contributed by atoms with van der Waals surface area (Å²) in [5, 5.41) is 11.1. The zero-order valence-electron chi connectivity index (χ0n) is 10.2. The van der Waals surface area contributed by atoms with E-state index in [4.69, 9.17) is 5.11 Å². The van der Waals surface area contributed by atoms with Crippen LogP contribution >= 0.6 is 0 Å². The molecular weight excluding hydrogens is 202 g/mol. The Hall–Kier alpha value is -1.68. The highest BCUT2D eigenvalue weighted by Gasteiger charge is 1.98. The summed E-state index contributed by atoms with van der Waals surface area (Å²) in [5.74, 6) is 0.876. The number of aliphatic hydroxyl groups is 1. The third-order valence-electron chi connectivity index (χ3n) is 1.78. The van der Waals surface area contributed by atoms with Gasteiger partial charge in [0.1, 0.15) is 12.1 Å². The zero-order chi connectivity index (χ0) is 12.4. The molecule has 0 radical (unpaired) electrons. The lowest BCUT2D eigenvalue weighted by Gasteiger charge is -2.01. The number of fused-ring (bicyclic) bond motifs is 1. The van der Waals surface area contributed by atoms with Crippen LogP contribution in [0, 0.1) is 0 Å². The van der Waals surface area contributed by atoms with Gasteiger partial charge in [0.05, 0.1) is 5.52 Å². The van der Waals surface area contributed by atoms with Gasteiger partial charge in [0.25, 0.3) is 0 Å². The van der Waals surface area contributed by atoms with Crippen LogP contribution in [-0.4, -0.2) is 29.2 Å². The van der Waals surface area contributed by atoms with Crippen molar-refractivity contribution in [3.63, 3.8) is 0 Å². The Kier molecular flexibility index (Phi) is 7.71. The Labute approximate surface area is 96.4 Å². The first-order valence-electron chi connectivity index (χ1n) is 5.24. The maximum Gasteiger partial charge on any atom is 0.137 e. The van der Waals surface area contributed by atoms with Crippen molar-refractivity contribution in [3.05, 3.63) is 30.6 Å². The van der Waals surface area contributed by atoms with E-state index in [1.165, 1.54) is 0 Å². The third kappa shape index (κ3) is 3.47. The van der Waals surface area contributed by atoms with Crippen molar-refractivity contribution in [1.29, 1.82) is 0 Å². The maximum absolute atomic E-state index is 7.00. The van der Waals surface area contributed by atoms with Crippen molar-refractivity contribution in [2.75, 3.05) is 19.5 Å². The third-order valence-corrected chi connectivity index (χ3v) is 1.78. The van der Waals surface area contributed by atoms with Gasteiger partial charge in [-0.15, -0.1) is 0 Å². The number of anilines is 1. The number of aromatic nitrogens is 2. The van der Waals surface area contributed by atoms with E-state index in [0.717, 1.165) is 23.8 Å². The highest BCUT2D eigenvalue weighted by Crippen LogP contribution is 2.16. The number of aliphatic hydroxyl groups excluding tert-OH is 1. The average molecular weight is 221 g/mol. The topological polar surface area (TPSA) is 58.0 Å². The van der Waals surface area contributed by atoms with Gasteiger partial charge in [-0.2, -0.15) is 0 Å². The van der Waals surface area contributed by atoms with Crippen molar-refractivity contribution < 1.29 is 5.11 Å². The summed E-state index contributed by atoms with van der Waals surface area (Å²) in [4.78, 5) is 8.24. The molecule has 0 spiro atoms. The molecule has 1 heterocycles. The van der Waals surface area contributed by atoms with Gasteiger partial charge >= 0.3 is 0 Å². The lowest BCUT2D eigenvalue weighted by molar-refractivity contribution is 0.399. The molecule has 88 valence electrons. The van der Waals surface area contributed by atoms with E-state index in [2.05, 4.69) is 15.3 Å². The number of benzene rings is 1. The molecule has 0 aliphatic heterocycles. The largest absolute Gasteiger partial charge is 0.400 e. The highest BCUT2D eigenvalue weighted by molar-refractivity contribution is 5.88. The first kappa shape index (κ1) is 14.3. The Bertz CT molecular complexity index is 399. The molecule has 0 amide bonds. The molecule has 0 saturated carbocycles. The van der Waals surface area contributed by atoms with E-state index in [9.17, 15) is 0 Å². The molecule has 1 aromatic carbocycles. The molecule has 0 aliphatic rings. The fourth-order valence-corrected chi connectivity index (χ4v) is 1.20. The molecule has 4 heteroatoms. The molecule has 0 unspecified atom stereocenters.